The summed E-state index contributed by atoms with van der Waals surface area (Å²) in [6, 6.07) is 12.9. The van der Waals surface area contributed by atoms with Gasteiger partial charge in [0.2, 0.25) is 0 Å². The molecule has 2 rings (SSSR count). The smallest absolute Gasteiger partial charge is 0.259 e. The number of para-hydroxylation sites is 2. The number of halogens is 1. The first-order valence-corrected chi connectivity index (χ1v) is 8.17. The predicted octanol–water partition coefficient (Wildman–Crippen LogP) is 3.74. The molecule has 2 aromatic rings. The Hall–Kier alpha value is -2.40. The van der Waals surface area contributed by atoms with E-state index in [-0.39, 0.29) is 17.9 Å². The monoisotopic (exact) mass is 329 g/mol. The minimum absolute atomic E-state index is 0.178. The molecular weight excluding hydrogens is 305 g/mol. The average Bonchev–Trinajstić information content (AvgIpc) is 2.58. The highest BCUT2D eigenvalue weighted by atomic mass is 19.1. The molecule has 24 heavy (non-hydrogen) atoms. The minimum atomic E-state index is -0.367. The molecule has 1 amide bonds. The van der Waals surface area contributed by atoms with Crippen LogP contribution in [0.5, 0.6) is 0 Å². The van der Waals surface area contributed by atoms with Crippen molar-refractivity contribution >= 4 is 17.3 Å². The Labute approximate surface area is 142 Å². The van der Waals surface area contributed by atoms with Crippen molar-refractivity contribution in [2.24, 2.45) is 0 Å². The molecule has 0 aliphatic carbocycles. The van der Waals surface area contributed by atoms with Crippen molar-refractivity contribution in [2.75, 3.05) is 23.7 Å². The maximum atomic E-state index is 13.2. The fraction of sp³-hybridized carbons (Fsp3) is 0.316. The van der Waals surface area contributed by atoms with Crippen LogP contribution in [0.25, 0.3) is 0 Å². The van der Waals surface area contributed by atoms with E-state index in [0.29, 0.717) is 16.9 Å². The molecule has 0 heterocycles. The van der Waals surface area contributed by atoms with Crippen molar-refractivity contribution in [1.29, 1.82) is 0 Å². The molecule has 0 fully saturated rings. The van der Waals surface area contributed by atoms with Crippen molar-refractivity contribution in [1.82, 2.24) is 4.90 Å². The zero-order valence-corrected chi connectivity index (χ0v) is 14.4. The summed E-state index contributed by atoms with van der Waals surface area (Å²) in [4.78, 5) is 16.9. The number of carbonyl (C=O) groups is 1. The van der Waals surface area contributed by atoms with Crippen LogP contribution in [0.2, 0.25) is 0 Å². The molecule has 0 saturated carbocycles. The quantitative estimate of drug-likeness (QED) is 0.649. The Balaban J connectivity index is 2.48. The Morgan fingerprint density at radius 3 is 2.21 bits per heavy atom. The number of rotatable bonds is 6. The zero-order chi connectivity index (χ0) is 17.7. The molecule has 0 aromatic heterocycles. The number of hydrogen-bond donors (Lipinski definition) is 1. The number of benzene rings is 2. The van der Waals surface area contributed by atoms with Crippen LogP contribution in [-0.4, -0.2) is 30.1 Å². The number of carbonyl (C=O) groups excluding carboxylic acids is 1. The van der Waals surface area contributed by atoms with Gasteiger partial charge in [0, 0.05) is 5.56 Å². The summed E-state index contributed by atoms with van der Waals surface area (Å²) < 4.78 is 13.2. The average molecular weight is 329 g/mol. The van der Waals surface area contributed by atoms with E-state index >= 15 is 0 Å². The Morgan fingerprint density at radius 1 is 1.08 bits per heavy atom. The van der Waals surface area contributed by atoms with Crippen molar-refractivity contribution in [3.05, 3.63) is 59.9 Å². The fourth-order valence-electron chi connectivity index (χ4n) is 2.83. The van der Waals surface area contributed by atoms with E-state index in [0.717, 1.165) is 13.1 Å². The lowest BCUT2D eigenvalue weighted by atomic mass is 10.1. The normalized spacial score (nSPS) is 12.2. The van der Waals surface area contributed by atoms with Gasteiger partial charge in [-0.2, -0.15) is 0 Å². The molecule has 4 nitrogen and oxygen atoms in total. The van der Waals surface area contributed by atoms with Crippen LogP contribution in [0.4, 0.5) is 15.8 Å². The highest BCUT2D eigenvalue weighted by Gasteiger charge is 2.27. The van der Waals surface area contributed by atoms with E-state index in [2.05, 4.69) is 18.7 Å². The third kappa shape index (κ3) is 3.74. The van der Waals surface area contributed by atoms with Gasteiger partial charge in [-0.15, -0.1) is 0 Å². The molecule has 1 unspecified atom stereocenters. The maximum absolute atomic E-state index is 13.2. The SMILES string of the molecule is CCN(CC)C(C)N(C(=O)c1ccc(F)cc1)c1ccccc1N. The summed E-state index contributed by atoms with van der Waals surface area (Å²) in [5.74, 6) is -0.568. The first-order valence-electron chi connectivity index (χ1n) is 8.17. The van der Waals surface area contributed by atoms with Gasteiger partial charge in [0.05, 0.1) is 17.5 Å². The second-order valence-corrected chi connectivity index (χ2v) is 5.59. The molecule has 0 aliphatic heterocycles. The first-order chi connectivity index (χ1) is 11.5. The molecule has 0 aliphatic rings. The van der Waals surface area contributed by atoms with Crippen LogP contribution in [-0.2, 0) is 0 Å². The van der Waals surface area contributed by atoms with E-state index in [4.69, 9.17) is 5.73 Å². The molecule has 0 radical (unpaired) electrons. The lowest BCUT2D eigenvalue weighted by Gasteiger charge is -2.37. The molecule has 0 bridgehead atoms. The van der Waals surface area contributed by atoms with E-state index in [9.17, 15) is 9.18 Å². The van der Waals surface area contributed by atoms with E-state index in [1.807, 2.05) is 25.1 Å². The van der Waals surface area contributed by atoms with E-state index in [1.165, 1.54) is 24.3 Å². The highest BCUT2D eigenvalue weighted by molar-refractivity contribution is 6.07. The van der Waals surface area contributed by atoms with E-state index < -0.39 is 0 Å². The molecule has 0 spiro atoms. The van der Waals surface area contributed by atoms with Gasteiger partial charge in [-0.1, -0.05) is 26.0 Å². The Kier molecular flexibility index (Phi) is 5.93. The van der Waals surface area contributed by atoms with Gasteiger partial charge in [0.1, 0.15) is 5.82 Å². The van der Waals surface area contributed by atoms with Crippen LogP contribution in [0, 0.1) is 5.82 Å². The van der Waals surface area contributed by atoms with Crippen molar-refractivity contribution in [2.45, 2.75) is 26.9 Å². The topological polar surface area (TPSA) is 49.6 Å². The first kappa shape index (κ1) is 17.9. The van der Waals surface area contributed by atoms with Crippen molar-refractivity contribution in [3.8, 4) is 0 Å². The molecule has 2 aromatic carbocycles. The van der Waals surface area contributed by atoms with Gasteiger partial charge >= 0.3 is 0 Å². The van der Waals surface area contributed by atoms with Crippen molar-refractivity contribution < 1.29 is 9.18 Å². The lowest BCUT2D eigenvalue weighted by molar-refractivity contribution is 0.0939. The standard InChI is InChI=1S/C19H24FN3O/c1-4-22(5-2)14(3)23(18-9-7-6-8-17(18)21)19(24)15-10-12-16(20)13-11-15/h6-14H,4-5,21H2,1-3H3. The largest absolute Gasteiger partial charge is 0.397 e. The summed E-state index contributed by atoms with van der Waals surface area (Å²) >= 11 is 0. The van der Waals surface area contributed by atoms with Crippen molar-refractivity contribution in [3.63, 3.8) is 0 Å². The summed E-state index contributed by atoms with van der Waals surface area (Å²) in [5.41, 5.74) is 7.73. The lowest BCUT2D eigenvalue weighted by Crippen LogP contribution is -2.49. The second-order valence-electron chi connectivity index (χ2n) is 5.59. The van der Waals surface area contributed by atoms with Gasteiger partial charge < -0.3 is 5.73 Å². The minimum Gasteiger partial charge on any atom is -0.397 e. The van der Waals surface area contributed by atoms with Crippen LogP contribution in [0.15, 0.2) is 48.5 Å². The van der Waals surface area contributed by atoms with Gasteiger partial charge in [0.15, 0.2) is 0 Å². The molecule has 2 N–H and O–H groups in total. The molecule has 1 atom stereocenters. The third-order valence-electron chi connectivity index (χ3n) is 4.22. The fourth-order valence-corrected chi connectivity index (χ4v) is 2.83. The van der Waals surface area contributed by atoms with Crippen LogP contribution in [0.1, 0.15) is 31.1 Å². The number of hydrogen-bond acceptors (Lipinski definition) is 3. The van der Waals surface area contributed by atoms with Gasteiger partial charge in [-0.3, -0.25) is 14.6 Å². The number of amides is 1. The maximum Gasteiger partial charge on any atom is 0.259 e. The summed E-state index contributed by atoms with van der Waals surface area (Å²) in [6.45, 7) is 7.68. The van der Waals surface area contributed by atoms with Gasteiger partial charge in [-0.25, -0.2) is 4.39 Å². The predicted molar refractivity (Wildman–Crippen MR) is 96.4 cm³/mol. The third-order valence-corrected chi connectivity index (χ3v) is 4.22. The summed E-state index contributed by atoms with van der Waals surface area (Å²) in [5, 5.41) is 0. The number of nitrogens with two attached hydrogens (primary N) is 1. The number of nitrogen functional groups attached to an aromatic ring is 1. The zero-order valence-electron chi connectivity index (χ0n) is 14.4. The highest BCUT2D eigenvalue weighted by Crippen LogP contribution is 2.27. The number of anilines is 2. The van der Waals surface area contributed by atoms with Crippen LogP contribution in [0.3, 0.4) is 0 Å². The number of nitrogens with zero attached hydrogens (tertiary/aromatic N) is 2. The summed E-state index contributed by atoms with van der Waals surface area (Å²) in [6.07, 6.45) is -0.178. The van der Waals surface area contributed by atoms with Gasteiger partial charge in [-0.05, 0) is 56.4 Å². The Morgan fingerprint density at radius 2 is 1.67 bits per heavy atom. The summed E-state index contributed by atoms with van der Waals surface area (Å²) in [7, 11) is 0. The molecular formula is C19H24FN3O. The van der Waals surface area contributed by atoms with Crippen LogP contribution >= 0.6 is 0 Å². The molecule has 5 heteroatoms. The van der Waals surface area contributed by atoms with Crippen LogP contribution < -0.4 is 10.6 Å². The molecule has 128 valence electrons. The van der Waals surface area contributed by atoms with E-state index in [1.54, 1.807) is 11.0 Å². The van der Waals surface area contributed by atoms with Gasteiger partial charge in [0.25, 0.3) is 5.91 Å². The molecule has 0 saturated heterocycles. The Bertz CT molecular complexity index is 683. The second kappa shape index (κ2) is 7.93.